The van der Waals surface area contributed by atoms with Crippen LogP contribution in [0.5, 0.6) is 0 Å². The molecule has 1 aliphatic heterocycles. The molecule has 0 unspecified atom stereocenters. The van der Waals surface area contributed by atoms with Gasteiger partial charge in [0.25, 0.3) is 17.4 Å². The van der Waals surface area contributed by atoms with Crippen LogP contribution in [0.1, 0.15) is 15.9 Å². The van der Waals surface area contributed by atoms with Gasteiger partial charge in [0.2, 0.25) is 0 Å². The summed E-state index contributed by atoms with van der Waals surface area (Å²) in [6.45, 7) is -0.0175. The Balaban J connectivity index is 2.03. The first-order chi connectivity index (χ1) is 10.5. The number of rotatable bonds is 3. The monoisotopic (exact) mass is 360 g/mol. The van der Waals surface area contributed by atoms with Crippen molar-refractivity contribution < 1.29 is 14.5 Å². The number of benzene rings is 2. The van der Waals surface area contributed by atoms with E-state index in [1.165, 1.54) is 11.0 Å². The molecule has 0 saturated heterocycles. The van der Waals surface area contributed by atoms with Crippen molar-refractivity contribution in [3.05, 3.63) is 68.2 Å². The van der Waals surface area contributed by atoms with E-state index in [0.717, 1.165) is 0 Å². The number of nitro groups is 1. The maximum Gasteiger partial charge on any atom is 0.299 e. The fraction of sp³-hybridized carbons (Fsp3) is 0.0667. The average molecular weight is 361 g/mol. The fourth-order valence-corrected chi connectivity index (χ4v) is 2.78. The maximum atomic E-state index is 12.2. The molecule has 0 saturated carbocycles. The number of Topliss-reactive ketones (excluding diaryl/α,β-unsaturated/α-hetero) is 1. The zero-order valence-electron chi connectivity index (χ0n) is 11.2. The van der Waals surface area contributed by atoms with Crippen molar-refractivity contribution >= 4 is 39.0 Å². The number of amides is 1. The van der Waals surface area contributed by atoms with Crippen LogP contribution in [0.3, 0.4) is 0 Å². The van der Waals surface area contributed by atoms with Gasteiger partial charge < -0.3 is 4.90 Å². The minimum absolute atomic E-state index is 0.0175. The molecular weight excluding hydrogens is 352 g/mol. The van der Waals surface area contributed by atoms with E-state index in [2.05, 4.69) is 15.9 Å². The van der Waals surface area contributed by atoms with E-state index in [1.54, 1.807) is 36.4 Å². The summed E-state index contributed by atoms with van der Waals surface area (Å²) < 4.78 is 0.694. The number of para-hydroxylation sites is 1. The van der Waals surface area contributed by atoms with Gasteiger partial charge in [0.1, 0.15) is 0 Å². The second kappa shape index (κ2) is 5.34. The van der Waals surface area contributed by atoms with Gasteiger partial charge in [-0.05, 0) is 18.2 Å². The highest BCUT2D eigenvalue weighted by molar-refractivity contribution is 9.10. The molecule has 0 radical (unpaired) electrons. The van der Waals surface area contributed by atoms with Crippen LogP contribution < -0.4 is 4.90 Å². The lowest BCUT2D eigenvalue weighted by Gasteiger charge is -2.16. The predicted molar refractivity (Wildman–Crippen MR) is 82.8 cm³/mol. The van der Waals surface area contributed by atoms with Crippen LogP contribution in [0.25, 0.3) is 0 Å². The Kier molecular flexibility index (Phi) is 3.50. The highest BCUT2D eigenvalue weighted by Crippen LogP contribution is 2.33. The Morgan fingerprint density at radius 2 is 1.86 bits per heavy atom. The van der Waals surface area contributed by atoms with Gasteiger partial charge in [0, 0.05) is 16.1 Å². The topological polar surface area (TPSA) is 80.5 Å². The number of hydrogen-bond donors (Lipinski definition) is 0. The van der Waals surface area contributed by atoms with Crippen LogP contribution >= 0.6 is 15.9 Å². The van der Waals surface area contributed by atoms with Crippen molar-refractivity contribution in [1.29, 1.82) is 0 Å². The van der Waals surface area contributed by atoms with E-state index in [9.17, 15) is 19.7 Å². The summed E-state index contributed by atoms with van der Waals surface area (Å²) in [4.78, 5) is 36.0. The van der Waals surface area contributed by atoms with Crippen LogP contribution in [0.15, 0.2) is 46.9 Å². The molecule has 0 spiro atoms. The van der Waals surface area contributed by atoms with Gasteiger partial charge in [-0.25, -0.2) is 0 Å². The zero-order valence-corrected chi connectivity index (χ0v) is 12.7. The first-order valence-corrected chi connectivity index (χ1v) is 7.16. The fourth-order valence-electron chi connectivity index (χ4n) is 2.42. The highest BCUT2D eigenvalue weighted by atomic mass is 79.9. The van der Waals surface area contributed by atoms with Gasteiger partial charge in [-0.1, -0.05) is 34.1 Å². The summed E-state index contributed by atoms with van der Waals surface area (Å²) in [5, 5.41) is 11.1. The molecule has 2 aromatic rings. The van der Waals surface area contributed by atoms with Crippen molar-refractivity contribution in [2.75, 3.05) is 4.90 Å². The summed E-state index contributed by atoms with van der Waals surface area (Å²) in [5.41, 5.74) is 1.08. The van der Waals surface area contributed by atoms with Crippen molar-refractivity contribution in [1.82, 2.24) is 0 Å². The molecule has 0 bridgehead atoms. The number of hydrogen-bond acceptors (Lipinski definition) is 4. The van der Waals surface area contributed by atoms with E-state index in [1.807, 2.05) is 0 Å². The third-order valence-electron chi connectivity index (χ3n) is 3.45. The van der Waals surface area contributed by atoms with Crippen LogP contribution in [-0.4, -0.2) is 16.6 Å². The lowest BCUT2D eigenvalue weighted by Crippen LogP contribution is -2.29. The van der Waals surface area contributed by atoms with Gasteiger partial charge in [-0.15, -0.1) is 0 Å². The smallest absolute Gasteiger partial charge is 0.299 e. The Labute approximate surface area is 133 Å². The summed E-state index contributed by atoms with van der Waals surface area (Å²) in [6.07, 6.45) is 0. The quantitative estimate of drug-likeness (QED) is 0.478. The summed E-state index contributed by atoms with van der Waals surface area (Å²) >= 11 is 3.26. The Morgan fingerprint density at radius 1 is 1.14 bits per heavy atom. The van der Waals surface area contributed by atoms with Gasteiger partial charge in [-0.3, -0.25) is 19.7 Å². The van der Waals surface area contributed by atoms with E-state index < -0.39 is 16.6 Å². The SMILES string of the molecule is O=C1C(=O)N(Cc2ccccc2[N+](=O)[O-])c2ccc(Br)cc21. The molecule has 1 heterocycles. The highest BCUT2D eigenvalue weighted by Gasteiger charge is 2.36. The number of carbonyl (C=O) groups excluding carboxylic acids is 2. The summed E-state index contributed by atoms with van der Waals surface area (Å²) in [6, 6.07) is 11.1. The molecule has 0 fully saturated rings. The molecule has 2 aromatic carbocycles. The molecule has 110 valence electrons. The van der Waals surface area contributed by atoms with E-state index >= 15 is 0 Å². The normalized spacial score (nSPS) is 13.4. The molecular formula is C15H9BrN2O4. The van der Waals surface area contributed by atoms with Crippen molar-refractivity contribution in [3.63, 3.8) is 0 Å². The first-order valence-electron chi connectivity index (χ1n) is 6.37. The molecule has 22 heavy (non-hydrogen) atoms. The van der Waals surface area contributed by atoms with E-state index in [0.29, 0.717) is 21.3 Å². The zero-order chi connectivity index (χ0) is 15.9. The number of nitrogens with zero attached hydrogens (tertiary/aromatic N) is 2. The molecule has 7 heteroatoms. The molecule has 0 aliphatic carbocycles. The van der Waals surface area contributed by atoms with Gasteiger partial charge in [0.05, 0.1) is 22.7 Å². The summed E-state index contributed by atoms with van der Waals surface area (Å²) in [7, 11) is 0. The van der Waals surface area contributed by atoms with Crippen molar-refractivity contribution in [2.45, 2.75) is 6.54 Å². The lowest BCUT2D eigenvalue weighted by molar-refractivity contribution is -0.385. The van der Waals surface area contributed by atoms with Crippen molar-refractivity contribution in [3.8, 4) is 0 Å². The second-order valence-corrected chi connectivity index (χ2v) is 5.68. The molecule has 1 aliphatic rings. The number of ketones is 1. The molecule has 3 rings (SSSR count). The van der Waals surface area contributed by atoms with Gasteiger partial charge in [0.15, 0.2) is 0 Å². The molecule has 0 atom stereocenters. The molecule has 1 amide bonds. The predicted octanol–water partition coefficient (Wildman–Crippen LogP) is 3.09. The van der Waals surface area contributed by atoms with Crippen molar-refractivity contribution in [2.24, 2.45) is 0 Å². The van der Waals surface area contributed by atoms with E-state index in [4.69, 9.17) is 0 Å². The summed E-state index contributed by atoms with van der Waals surface area (Å²) in [5.74, 6) is -1.28. The average Bonchev–Trinajstić information content (AvgIpc) is 2.72. The molecule has 0 N–H and O–H groups in total. The van der Waals surface area contributed by atoms with Gasteiger partial charge in [-0.2, -0.15) is 0 Å². The maximum absolute atomic E-state index is 12.2. The van der Waals surface area contributed by atoms with Crippen LogP contribution in [0.2, 0.25) is 0 Å². The number of halogens is 1. The number of carbonyl (C=O) groups is 2. The largest absolute Gasteiger partial charge is 0.300 e. The molecule has 0 aromatic heterocycles. The van der Waals surface area contributed by atoms with E-state index in [-0.39, 0.29) is 12.2 Å². The van der Waals surface area contributed by atoms with Crippen LogP contribution in [0, 0.1) is 10.1 Å². The molecule has 6 nitrogen and oxygen atoms in total. The Bertz CT molecular complexity index is 819. The standard InChI is InChI=1S/C15H9BrN2O4/c16-10-5-6-13-11(7-10)14(19)15(20)17(13)8-9-3-1-2-4-12(9)18(21)22/h1-7H,8H2. The minimum Gasteiger partial charge on any atom is -0.300 e. The first kappa shape index (κ1) is 14.4. The van der Waals surface area contributed by atoms with Crippen LogP contribution in [0.4, 0.5) is 11.4 Å². The minimum atomic E-state index is -0.675. The number of fused-ring (bicyclic) bond motifs is 1. The van der Waals surface area contributed by atoms with Crippen LogP contribution in [-0.2, 0) is 11.3 Å². The second-order valence-electron chi connectivity index (χ2n) is 4.77. The number of nitro benzene ring substituents is 1. The third-order valence-corrected chi connectivity index (χ3v) is 3.94. The number of anilines is 1. The Hall–Kier alpha value is -2.54. The lowest BCUT2D eigenvalue weighted by atomic mass is 10.1. The Morgan fingerprint density at radius 3 is 2.59 bits per heavy atom. The third kappa shape index (κ3) is 2.29. The van der Waals surface area contributed by atoms with Gasteiger partial charge >= 0.3 is 0 Å².